The lowest BCUT2D eigenvalue weighted by molar-refractivity contribution is -0.129. The molecule has 0 saturated heterocycles. The molecule has 170 valence electrons. The van der Waals surface area contributed by atoms with Crippen molar-refractivity contribution in [2.45, 2.75) is 26.9 Å². The average molecular weight is 446 g/mol. The lowest BCUT2D eigenvalue weighted by Gasteiger charge is -2.12. The van der Waals surface area contributed by atoms with Crippen LogP contribution in [0.1, 0.15) is 17.0 Å². The number of hydrogen-bond donors (Lipinski definition) is 2. The van der Waals surface area contributed by atoms with Crippen LogP contribution < -0.4 is 10.6 Å². The summed E-state index contributed by atoms with van der Waals surface area (Å²) in [6.45, 7) is 4.55. The summed E-state index contributed by atoms with van der Waals surface area (Å²) in [5.74, 6) is 0.757. The average Bonchev–Trinajstić information content (AvgIpc) is 3.34. The lowest BCUT2D eigenvalue weighted by atomic mass is 10.2. The minimum Gasteiger partial charge on any atom is -0.347 e. The van der Waals surface area contributed by atoms with Crippen LogP contribution in [0.3, 0.4) is 0 Å². The molecule has 0 aliphatic heterocycles. The molecule has 9 heteroatoms. The highest BCUT2D eigenvalue weighted by atomic mass is 16.2. The van der Waals surface area contributed by atoms with E-state index in [4.69, 9.17) is 0 Å². The fraction of sp³-hybridized carbons (Fsp3) is 0.250. The van der Waals surface area contributed by atoms with Crippen LogP contribution >= 0.6 is 0 Å². The first-order valence-electron chi connectivity index (χ1n) is 10.6. The molecule has 0 fully saturated rings. The summed E-state index contributed by atoms with van der Waals surface area (Å²) >= 11 is 0. The number of aryl methyl sites for hydroxylation is 2. The Bertz CT molecular complexity index is 1300. The van der Waals surface area contributed by atoms with Crippen LogP contribution in [0, 0.1) is 13.8 Å². The van der Waals surface area contributed by atoms with E-state index in [0.717, 1.165) is 33.7 Å². The number of nitrogens with zero attached hydrogens (tertiary/aromatic N) is 5. The van der Waals surface area contributed by atoms with Crippen molar-refractivity contribution >= 4 is 28.5 Å². The number of benzene rings is 1. The standard InChI is InChI=1S/C24H27N7O2/c1-16-11-17(2)31(28-16)22-8-5-18(13-25-22)14-26-24(33)27-20-6-7-21-19(12-20)9-10-30(21)15-23(32)29(3)4/h5-13H,14-15H2,1-4H3,(H2,26,27,33). The quantitative estimate of drug-likeness (QED) is 0.476. The second-order valence-electron chi connectivity index (χ2n) is 8.18. The maximum absolute atomic E-state index is 12.4. The summed E-state index contributed by atoms with van der Waals surface area (Å²) in [6.07, 6.45) is 3.61. The molecule has 3 amide bonds. The molecule has 0 aliphatic rings. The molecule has 4 rings (SSSR count). The Morgan fingerprint density at radius 3 is 2.55 bits per heavy atom. The third-order valence-electron chi connectivity index (χ3n) is 5.32. The summed E-state index contributed by atoms with van der Waals surface area (Å²) in [4.78, 5) is 30.4. The SMILES string of the molecule is Cc1cc(C)n(-c2ccc(CNC(=O)Nc3ccc4c(ccn4CC(=O)N(C)C)c3)cn2)n1. The van der Waals surface area contributed by atoms with Crippen LogP contribution in [0.4, 0.5) is 10.5 Å². The van der Waals surface area contributed by atoms with Gasteiger partial charge in [-0.2, -0.15) is 5.10 Å². The molecule has 0 atom stereocenters. The Morgan fingerprint density at radius 1 is 1.06 bits per heavy atom. The molecule has 0 radical (unpaired) electrons. The van der Waals surface area contributed by atoms with E-state index in [-0.39, 0.29) is 18.5 Å². The first-order chi connectivity index (χ1) is 15.8. The van der Waals surface area contributed by atoms with Crippen molar-refractivity contribution in [2.75, 3.05) is 19.4 Å². The maximum Gasteiger partial charge on any atom is 0.319 e. The van der Waals surface area contributed by atoms with Gasteiger partial charge in [0.1, 0.15) is 6.54 Å². The van der Waals surface area contributed by atoms with Crippen LogP contribution in [0.2, 0.25) is 0 Å². The fourth-order valence-electron chi connectivity index (χ4n) is 3.57. The summed E-state index contributed by atoms with van der Waals surface area (Å²) in [5.41, 5.74) is 4.45. The molecule has 0 aliphatic carbocycles. The molecule has 0 spiro atoms. The lowest BCUT2D eigenvalue weighted by Crippen LogP contribution is -2.28. The number of amides is 3. The summed E-state index contributed by atoms with van der Waals surface area (Å²) < 4.78 is 3.68. The summed E-state index contributed by atoms with van der Waals surface area (Å²) in [6, 6.07) is 13.0. The number of hydrogen-bond acceptors (Lipinski definition) is 4. The Hall–Kier alpha value is -4.14. The fourth-order valence-corrected chi connectivity index (χ4v) is 3.57. The van der Waals surface area contributed by atoms with Gasteiger partial charge in [-0.05, 0) is 55.8 Å². The van der Waals surface area contributed by atoms with Gasteiger partial charge in [-0.25, -0.2) is 14.5 Å². The van der Waals surface area contributed by atoms with Gasteiger partial charge >= 0.3 is 6.03 Å². The third-order valence-corrected chi connectivity index (χ3v) is 5.32. The van der Waals surface area contributed by atoms with Gasteiger partial charge in [-0.1, -0.05) is 6.07 Å². The van der Waals surface area contributed by atoms with E-state index in [1.54, 1.807) is 29.9 Å². The van der Waals surface area contributed by atoms with Crippen LogP contribution in [0.25, 0.3) is 16.7 Å². The molecular formula is C24H27N7O2. The number of urea groups is 1. The van der Waals surface area contributed by atoms with E-state index in [1.165, 1.54) is 0 Å². The topological polar surface area (TPSA) is 97.1 Å². The van der Waals surface area contributed by atoms with Crippen molar-refractivity contribution < 1.29 is 9.59 Å². The van der Waals surface area contributed by atoms with Crippen LogP contribution in [-0.2, 0) is 17.9 Å². The molecule has 4 aromatic rings. The minimum absolute atomic E-state index is 0.0199. The number of likely N-dealkylation sites (N-methyl/N-ethyl adjacent to an activating group) is 1. The Morgan fingerprint density at radius 2 is 1.88 bits per heavy atom. The number of rotatable bonds is 6. The molecule has 33 heavy (non-hydrogen) atoms. The first kappa shape index (κ1) is 22.1. The van der Waals surface area contributed by atoms with E-state index in [0.29, 0.717) is 12.2 Å². The number of carbonyl (C=O) groups is 2. The highest BCUT2D eigenvalue weighted by Crippen LogP contribution is 2.21. The molecule has 2 N–H and O–H groups in total. The zero-order chi connectivity index (χ0) is 23.5. The van der Waals surface area contributed by atoms with Gasteiger partial charge in [0.05, 0.1) is 5.69 Å². The van der Waals surface area contributed by atoms with Crippen LogP contribution in [-0.4, -0.2) is 50.3 Å². The van der Waals surface area contributed by atoms with Crippen LogP contribution in [0.5, 0.6) is 0 Å². The Kier molecular flexibility index (Phi) is 6.12. The van der Waals surface area contributed by atoms with Crippen molar-refractivity contribution in [3.8, 4) is 5.82 Å². The zero-order valence-corrected chi connectivity index (χ0v) is 19.2. The molecule has 1 aromatic carbocycles. The van der Waals surface area contributed by atoms with Crippen molar-refractivity contribution in [1.29, 1.82) is 0 Å². The Labute approximate surface area is 192 Å². The molecule has 9 nitrogen and oxygen atoms in total. The van der Waals surface area contributed by atoms with Crippen LogP contribution in [0.15, 0.2) is 54.9 Å². The number of aromatic nitrogens is 4. The van der Waals surface area contributed by atoms with Crippen molar-refractivity contribution in [3.05, 3.63) is 71.8 Å². The van der Waals surface area contributed by atoms with Gasteiger partial charge in [0.2, 0.25) is 5.91 Å². The van der Waals surface area contributed by atoms with Crippen molar-refractivity contribution in [2.24, 2.45) is 0 Å². The predicted octanol–water partition coefficient (Wildman–Crippen LogP) is 3.25. The van der Waals surface area contributed by atoms with Gasteiger partial charge in [0, 0.05) is 55.3 Å². The molecule has 0 saturated carbocycles. The van der Waals surface area contributed by atoms with Gasteiger partial charge in [-0.15, -0.1) is 0 Å². The normalized spacial score (nSPS) is 10.9. The largest absolute Gasteiger partial charge is 0.347 e. The maximum atomic E-state index is 12.4. The number of anilines is 1. The molecular weight excluding hydrogens is 418 g/mol. The highest BCUT2D eigenvalue weighted by Gasteiger charge is 2.10. The monoisotopic (exact) mass is 445 g/mol. The molecule has 3 heterocycles. The van der Waals surface area contributed by atoms with E-state index >= 15 is 0 Å². The van der Waals surface area contributed by atoms with E-state index in [9.17, 15) is 9.59 Å². The zero-order valence-electron chi connectivity index (χ0n) is 19.2. The number of fused-ring (bicyclic) bond motifs is 1. The smallest absolute Gasteiger partial charge is 0.319 e. The molecule has 0 bridgehead atoms. The summed E-state index contributed by atoms with van der Waals surface area (Å²) in [7, 11) is 3.47. The van der Waals surface area contributed by atoms with Gasteiger partial charge in [0.25, 0.3) is 0 Å². The molecule has 3 aromatic heterocycles. The second kappa shape index (κ2) is 9.15. The first-order valence-corrected chi connectivity index (χ1v) is 10.6. The predicted molar refractivity (Wildman–Crippen MR) is 127 cm³/mol. The van der Waals surface area contributed by atoms with Gasteiger partial charge in [0.15, 0.2) is 5.82 Å². The third kappa shape index (κ3) is 5.03. The second-order valence-corrected chi connectivity index (χ2v) is 8.18. The van der Waals surface area contributed by atoms with Crippen molar-refractivity contribution in [1.82, 2.24) is 29.5 Å². The van der Waals surface area contributed by atoms with E-state index in [2.05, 4.69) is 20.7 Å². The van der Waals surface area contributed by atoms with Gasteiger partial charge in [-0.3, -0.25) is 4.79 Å². The Balaban J connectivity index is 1.35. The minimum atomic E-state index is -0.306. The number of carbonyl (C=O) groups excluding carboxylic acids is 2. The molecule has 0 unspecified atom stereocenters. The van der Waals surface area contributed by atoms with Gasteiger partial charge < -0.3 is 20.1 Å². The summed E-state index contributed by atoms with van der Waals surface area (Å²) in [5, 5.41) is 11.1. The van der Waals surface area contributed by atoms with E-state index < -0.39 is 0 Å². The van der Waals surface area contributed by atoms with Crippen molar-refractivity contribution in [3.63, 3.8) is 0 Å². The number of nitrogens with one attached hydrogen (secondary N) is 2. The highest BCUT2D eigenvalue weighted by molar-refractivity contribution is 5.93. The van der Waals surface area contributed by atoms with E-state index in [1.807, 2.05) is 67.1 Å². The number of pyridine rings is 1.